The van der Waals surface area contributed by atoms with E-state index < -0.39 is 11.2 Å². The molecule has 2 aromatic heterocycles. The molecular formula is C20H14ClNO4S. The quantitative estimate of drug-likeness (QED) is 0.508. The minimum absolute atomic E-state index is 0.00612. The second-order valence-corrected chi connectivity index (χ2v) is 7.41. The van der Waals surface area contributed by atoms with Crippen molar-refractivity contribution in [1.29, 1.82) is 0 Å². The molecule has 0 aliphatic heterocycles. The number of aromatic nitrogens is 1. The third-order valence-corrected chi connectivity index (χ3v) is 5.63. The van der Waals surface area contributed by atoms with E-state index in [1.165, 1.54) is 0 Å². The van der Waals surface area contributed by atoms with E-state index in [1.807, 2.05) is 13.0 Å². The number of aromatic hydroxyl groups is 1. The van der Waals surface area contributed by atoms with Gasteiger partial charge in [-0.1, -0.05) is 35.5 Å². The van der Waals surface area contributed by atoms with Crippen LogP contribution in [0.15, 0.2) is 72.3 Å². The lowest BCUT2D eigenvalue weighted by Crippen LogP contribution is -2.21. The lowest BCUT2D eigenvalue weighted by molar-refractivity contribution is 0.446. The summed E-state index contributed by atoms with van der Waals surface area (Å²) < 4.78 is 7.04. The van der Waals surface area contributed by atoms with E-state index in [4.69, 9.17) is 16.0 Å². The van der Waals surface area contributed by atoms with Gasteiger partial charge >= 0.3 is 5.63 Å². The lowest BCUT2D eigenvalue weighted by Gasteiger charge is -2.12. The van der Waals surface area contributed by atoms with Crippen LogP contribution in [-0.4, -0.2) is 9.67 Å². The molecule has 0 unspecified atom stereocenters. The Morgan fingerprint density at radius 2 is 1.81 bits per heavy atom. The Balaban J connectivity index is 2.05. The highest BCUT2D eigenvalue weighted by Crippen LogP contribution is 2.37. The fourth-order valence-corrected chi connectivity index (χ4v) is 4.02. The van der Waals surface area contributed by atoms with Gasteiger partial charge in [-0.2, -0.15) is 0 Å². The maximum absolute atomic E-state index is 13.0. The average molecular weight is 400 g/mol. The molecule has 2 heterocycles. The fraction of sp³-hybridized carbons (Fsp3) is 0.100. The van der Waals surface area contributed by atoms with Gasteiger partial charge in [0.2, 0.25) is 0 Å². The van der Waals surface area contributed by atoms with Crippen LogP contribution in [0.25, 0.3) is 21.9 Å². The number of benzene rings is 2. The first-order chi connectivity index (χ1) is 13.0. The van der Waals surface area contributed by atoms with E-state index in [0.29, 0.717) is 27.4 Å². The maximum atomic E-state index is 13.0. The third kappa shape index (κ3) is 2.91. The van der Waals surface area contributed by atoms with E-state index in [9.17, 15) is 14.7 Å². The van der Waals surface area contributed by atoms with Gasteiger partial charge in [0.1, 0.15) is 10.3 Å². The smallest absolute Gasteiger partial charge is 0.354 e. The number of halogens is 1. The predicted octanol–water partition coefficient (Wildman–Crippen LogP) is 4.64. The predicted molar refractivity (Wildman–Crippen MR) is 107 cm³/mol. The lowest BCUT2D eigenvalue weighted by atomic mass is 10.1. The van der Waals surface area contributed by atoms with E-state index in [2.05, 4.69) is 0 Å². The zero-order valence-electron chi connectivity index (χ0n) is 14.2. The second-order valence-electron chi connectivity index (χ2n) is 5.89. The highest BCUT2D eigenvalue weighted by Gasteiger charge is 2.21. The number of para-hydroxylation sites is 1. The summed E-state index contributed by atoms with van der Waals surface area (Å²) in [5.41, 5.74) is -0.342. The number of hydrogen-bond acceptors (Lipinski definition) is 5. The first-order valence-corrected chi connectivity index (χ1v) is 9.45. The van der Waals surface area contributed by atoms with Gasteiger partial charge in [-0.25, -0.2) is 4.79 Å². The van der Waals surface area contributed by atoms with Crippen LogP contribution in [-0.2, 0) is 6.54 Å². The molecule has 0 saturated heterocycles. The molecule has 4 rings (SSSR count). The van der Waals surface area contributed by atoms with Crippen LogP contribution in [0.4, 0.5) is 0 Å². The molecular weight excluding hydrogens is 386 g/mol. The van der Waals surface area contributed by atoms with Gasteiger partial charge in [0, 0.05) is 21.8 Å². The number of hydrogen-bond donors (Lipinski definition) is 1. The van der Waals surface area contributed by atoms with Gasteiger partial charge < -0.3 is 14.1 Å². The largest absolute Gasteiger partial charge is 0.505 e. The van der Waals surface area contributed by atoms with Crippen molar-refractivity contribution in [3.8, 4) is 5.75 Å². The molecule has 2 aromatic carbocycles. The van der Waals surface area contributed by atoms with Crippen molar-refractivity contribution in [1.82, 2.24) is 4.57 Å². The summed E-state index contributed by atoms with van der Waals surface area (Å²) in [7, 11) is 0. The minimum atomic E-state index is -0.696. The summed E-state index contributed by atoms with van der Waals surface area (Å²) in [6.45, 7) is 2.27. The summed E-state index contributed by atoms with van der Waals surface area (Å²) in [5.74, 6) is -0.362. The Hall–Kier alpha value is -2.70. The van der Waals surface area contributed by atoms with Crippen LogP contribution >= 0.6 is 23.4 Å². The topological polar surface area (TPSA) is 72.4 Å². The summed E-state index contributed by atoms with van der Waals surface area (Å²) in [5, 5.41) is 12.0. The molecule has 0 atom stereocenters. The number of rotatable bonds is 3. The number of pyridine rings is 1. The molecule has 0 fully saturated rings. The van der Waals surface area contributed by atoms with Crippen molar-refractivity contribution in [2.45, 2.75) is 23.3 Å². The van der Waals surface area contributed by atoms with E-state index >= 15 is 0 Å². The first-order valence-electron chi connectivity index (χ1n) is 8.26. The Kier molecular flexibility index (Phi) is 4.45. The third-order valence-electron chi connectivity index (χ3n) is 4.31. The molecule has 0 aliphatic carbocycles. The van der Waals surface area contributed by atoms with Gasteiger partial charge in [0.05, 0.1) is 5.52 Å². The molecule has 0 radical (unpaired) electrons. The van der Waals surface area contributed by atoms with E-state index in [-0.39, 0.29) is 21.6 Å². The van der Waals surface area contributed by atoms with Gasteiger partial charge in [-0.05, 0) is 43.3 Å². The van der Waals surface area contributed by atoms with Crippen molar-refractivity contribution in [2.75, 3.05) is 0 Å². The maximum Gasteiger partial charge on any atom is 0.354 e. The average Bonchev–Trinajstić information content (AvgIpc) is 2.66. The summed E-state index contributed by atoms with van der Waals surface area (Å²) >= 11 is 6.91. The van der Waals surface area contributed by atoms with Crippen LogP contribution in [0.1, 0.15) is 6.92 Å². The van der Waals surface area contributed by atoms with Crippen LogP contribution in [0.2, 0.25) is 5.02 Å². The Labute approximate surface area is 162 Å². The summed E-state index contributed by atoms with van der Waals surface area (Å²) in [4.78, 5) is 26.2. The van der Waals surface area contributed by atoms with E-state index in [0.717, 1.165) is 11.8 Å². The minimum Gasteiger partial charge on any atom is -0.505 e. The molecule has 27 heavy (non-hydrogen) atoms. The molecule has 4 aromatic rings. The Bertz CT molecular complexity index is 1290. The highest BCUT2D eigenvalue weighted by molar-refractivity contribution is 7.99. The van der Waals surface area contributed by atoms with Gasteiger partial charge in [0.15, 0.2) is 11.3 Å². The van der Waals surface area contributed by atoms with Gasteiger partial charge in [-0.15, -0.1) is 0 Å². The monoisotopic (exact) mass is 399 g/mol. The van der Waals surface area contributed by atoms with Crippen molar-refractivity contribution < 1.29 is 9.52 Å². The fourth-order valence-electron chi connectivity index (χ4n) is 3.07. The molecule has 7 heteroatoms. The van der Waals surface area contributed by atoms with Crippen LogP contribution in [0.5, 0.6) is 5.75 Å². The van der Waals surface area contributed by atoms with Crippen LogP contribution in [0.3, 0.4) is 0 Å². The van der Waals surface area contributed by atoms with Crippen molar-refractivity contribution >= 4 is 45.2 Å². The second kappa shape index (κ2) is 6.79. The molecule has 0 saturated carbocycles. The molecule has 1 N–H and O–H groups in total. The normalized spacial score (nSPS) is 11.3. The summed E-state index contributed by atoms with van der Waals surface area (Å²) in [6, 6.07) is 14.0. The SMILES string of the molecule is CCn1c(=O)c2c(O)c(Sc3ccc(Cl)cc3)c(=O)oc2c2ccccc21. The van der Waals surface area contributed by atoms with Gasteiger partial charge in [-0.3, -0.25) is 4.79 Å². The number of nitrogens with zero attached hydrogens (tertiary/aromatic N) is 1. The first kappa shape index (κ1) is 17.7. The highest BCUT2D eigenvalue weighted by atomic mass is 35.5. The molecule has 5 nitrogen and oxygen atoms in total. The Morgan fingerprint density at radius 1 is 1.11 bits per heavy atom. The van der Waals surface area contributed by atoms with Crippen LogP contribution in [0, 0.1) is 0 Å². The van der Waals surface area contributed by atoms with Crippen molar-refractivity contribution in [2.24, 2.45) is 0 Å². The van der Waals surface area contributed by atoms with E-state index in [1.54, 1.807) is 47.0 Å². The molecule has 136 valence electrons. The van der Waals surface area contributed by atoms with Crippen molar-refractivity contribution in [3.05, 3.63) is 74.3 Å². The zero-order valence-corrected chi connectivity index (χ0v) is 15.8. The standard InChI is InChI=1S/C20H14ClNO4S/c1-2-22-14-6-4-3-5-13(14)17-15(19(22)24)16(23)18(20(25)26-17)27-12-9-7-11(21)8-10-12/h3-10,23H,2H2,1H3. The van der Waals surface area contributed by atoms with Crippen molar-refractivity contribution in [3.63, 3.8) is 0 Å². The molecule has 0 amide bonds. The number of fused-ring (bicyclic) bond motifs is 3. The van der Waals surface area contributed by atoms with Crippen LogP contribution < -0.4 is 11.2 Å². The Morgan fingerprint density at radius 3 is 2.52 bits per heavy atom. The zero-order chi connectivity index (χ0) is 19.1. The van der Waals surface area contributed by atoms with Gasteiger partial charge in [0.25, 0.3) is 5.56 Å². The molecule has 0 spiro atoms. The molecule has 0 aliphatic rings. The summed E-state index contributed by atoms with van der Waals surface area (Å²) in [6.07, 6.45) is 0. The molecule has 0 bridgehead atoms. The number of aryl methyl sites for hydroxylation is 1.